The number of benzene rings is 1. The highest BCUT2D eigenvalue weighted by Crippen LogP contribution is 2.25. The highest BCUT2D eigenvalue weighted by atomic mass is 15.2. The fourth-order valence-electron chi connectivity index (χ4n) is 2.94. The summed E-state index contributed by atoms with van der Waals surface area (Å²) in [6, 6.07) is 8.74. The number of guanidine groups is 1. The van der Waals surface area contributed by atoms with Crippen molar-refractivity contribution in [3.63, 3.8) is 0 Å². The van der Waals surface area contributed by atoms with Crippen molar-refractivity contribution in [2.45, 2.75) is 52.6 Å². The quantitative estimate of drug-likeness (QED) is 0.627. The predicted octanol–water partition coefficient (Wildman–Crippen LogP) is 2.77. The van der Waals surface area contributed by atoms with Gasteiger partial charge in [-0.05, 0) is 43.7 Å². The summed E-state index contributed by atoms with van der Waals surface area (Å²) in [4.78, 5) is 7.08. The van der Waals surface area contributed by atoms with Crippen LogP contribution in [0.25, 0.3) is 0 Å². The minimum atomic E-state index is 0.0118. The molecule has 0 spiro atoms. The van der Waals surface area contributed by atoms with E-state index in [-0.39, 0.29) is 5.54 Å². The minimum absolute atomic E-state index is 0.0118. The van der Waals surface area contributed by atoms with Crippen LogP contribution in [0.3, 0.4) is 0 Å². The molecule has 4 nitrogen and oxygen atoms in total. The van der Waals surface area contributed by atoms with E-state index in [9.17, 15) is 0 Å². The molecule has 1 heterocycles. The number of hydrogen-bond acceptors (Lipinski definition) is 2. The lowest BCUT2D eigenvalue weighted by atomic mass is 9.94. The van der Waals surface area contributed by atoms with Crippen LogP contribution in [0.4, 0.5) is 0 Å². The van der Waals surface area contributed by atoms with Crippen LogP contribution in [-0.4, -0.2) is 36.0 Å². The predicted molar refractivity (Wildman–Crippen MR) is 98.6 cm³/mol. The van der Waals surface area contributed by atoms with Gasteiger partial charge in [0.1, 0.15) is 0 Å². The van der Waals surface area contributed by atoms with Crippen LogP contribution in [-0.2, 0) is 13.0 Å². The summed E-state index contributed by atoms with van der Waals surface area (Å²) in [6.07, 6.45) is 2.23. The lowest BCUT2D eigenvalue weighted by Gasteiger charge is -2.40. The SMILES string of the molecule is CC(C)CCNC(N)=NCC(C)(C)N1CCc2ccccc2C1. The third-order valence-electron chi connectivity index (χ3n) is 4.65. The van der Waals surface area contributed by atoms with E-state index in [1.807, 2.05) is 0 Å². The van der Waals surface area contributed by atoms with Gasteiger partial charge in [0.25, 0.3) is 0 Å². The largest absolute Gasteiger partial charge is 0.370 e. The zero-order valence-electron chi connectivity index (χ0n) is 15.1. The first-order valence-corrected chi connectivity index (χ1v) is 8.74. The van der Waals surface area contributed by atoms with Crippen LogP contribution >= 0.6 is 0 Å². The molecule has 0 amide bonds. The molecule has 0 saturated carbocycles. The molecule has 0 saturated heterocycles. The van der Waals surface area contributed by atoms with Crippen LogP contribution in [0.15, 0.2) is 29.3 Å². The molecule has 0 radical (unpaired) electrons. The van der Waals surface area contributed by atoms with Crippen molar-refractivity contribution in [2.24, 2.45) is 16.6 Å². The van der Waals surface area contributed by atoms with Crippen molar-refractivity contribution < 1.29 is 0 Å². The van der Waals surface area contributed by atoms with E-state index >= 15 is 0 Å². The third-order valence-corrected chi connectivity index (χ3v) is 4.65. The maximum Gasteiger partial charge on any atom is 0.188 e. The van der Waals surface area contributed by atoms with Gasteiger partial charge in [-0.2, -0.15) is 0 Å². The third kappa shape index (κ3) is 5.24. The Labute approximate surface area is 141 Å². The van der Waals surface area contributed by atoms with Crippen molar-refractivity contribution in [3.8, 4) is 0 Å². The number of nitrogens with one attached hydrogen (secondary N) is 1. The van der Waals surface area contributed by atoms with Gasteiger partial charge in [0.15, 0.2) is 5.96 Å². The zero-order valence-corrected chi connectivity index (χ0v) is 15.1. The first-order chi connectivity index (χ1) is 10.9. The fraction of sp³-hybridized carbons (Fsp3) is 0.632. The van der Waals surface area contributed by atoms with E-state index in [1.54, 1.807) is 0 Å². The molecule has 3 N–H and O–H groups in total. The average molecular weight is 316 g/mol. The molecular weight excluding hydrogens is 284 g/mol. The molecule has 1 aliphatic rings. The molecule has 0 atom stereocenters. The van der Waals surface area contributed by atoms with Gasteiger partial charge in [0.05, 0.1) is 6.54 Å². The van der Waals surface area contributed by atoms with E-state index in [0.29, 0.717) is 11.9 Å². The number of nitrogens with zero attached hydrogens (tertiary/aromatic N) is 2. The molecule has 0 unspecified atom stereocenters. The first-order valence-electron chi connectivity index (χ1n) is 8.74. The molecular formula is C19H32N4. The van der Waals surface area contributed by atoms with Gasteiger partial charge in [-0.15, -0.1) is 0 Å². The fourth-order valence-corrected chi connectivity index (χ4v) is 2.94. The first kappa shape index (κ1) is 17.8. The summed E-state index contributed by atoms with van der Waals surface area (Å²) < 4.78 is 0. The van der Waals surface area contributed by atoms with E-state index in [4.69, 9.17) is 5.73 Å². The lowest BCUT2D eigenvalue weighted by Crippen LogP contribution is -2.49. The molecule has 0 fully saturated rings. The van der Waals surface area contributed by atoms with E-state index < -0.39 is 0 Å². The molecule has 23 heavy (non-hydrogen) atoms. The molecule has 0 bridgehead atoms. The normalized spacial score (nSPS) is 16.5. The highest BCUT2D eigenvalue weighted by molar-refractivity contribution is 5.77. The van der Waals surface area contributed by atoms with Crippen LogP contribution in [0.1, 0.15) is 45.2 Å². The van der Waals surface area contributed by atoms with Gasteiger partial charge in [-0.1, -0.05) is 38.1 Å². The van der Waals surface area contributed by atoms with Gasteiger partial charge < -0.3 is 11.1 Å². The number of fused-ring (bicyclic) bond motifs is 1. The van der Waals surface area contributed by atoms with Crippen molar-refractivity contribution >= 4 is 5.96 Å². The monoisotopic (exact) mass is 316 g/mol. The van der Waals surface area contributed by atoms with E-state index in [2.05, 4.69) is 67.2 Å². The second-order valence-corrected chi connectivity index (χ2v) is 7.56. The molecule has 0 aromatic heterocycles. The van der Waals surface area contributed by atoms with E-state index in [1.165, 1.54) is 11.1 Å². The molecule has 1 aliphatic heterocycles. The van der Waals surface area contributed by atoms with Crippen LogP contribution < -0.4 is 11.1 Å². The standard InChI is InChI=1S/C19H32N4/c1-15(2)9-11-21-18(20)22-14-19(3,4)23-12-10-16-7-5-6-8-17(16)13-23/h5-8,15H,9-14H2,1-4H3,(H3,20,21,22). The maximum absolute atomic E-state index is 5.99. The zero-order chi connectivity index (χ0) is 16.9. The van der Waals surface area contributed by atoms with Crippen molar-refractivity contribution in [1.29, 1.82) is 0 Å². The van der Waals surface area contributed by atoms with Gasteiger partial charge in [-0.25, -0.2) is 0 Å². The second-order valence-electron chi connectivity index (χ2n) is 7.56. The number of aliphatic imine (C=N–C) groups is 1. The van der Waals surface area contributed by atoms with Gasteiger partial charge >= 0.3 is 0 Å². The van der Waals surface area contributed by atoms with Crippen LogP contribution in [0, 0.1) is 5.92 Å². The molecule has 1 aromatic rings. The van der Waals surface area contributed by atoms with Gasteiger partial charge in [-0.3, -0.25) is 9.89 Å². The van der Waals surface area contributed by atoms with Crippen molar-refractivity contribution in [2.75, 3.05) is 19.6 Å². The molecule has 128 valence electrons. The van der Waals surface area contributed by atoms with Crippen LogP contribution in [0.2, 0.25) is 0 Å². The van der Waals surface area contributed by atoms with Crippen molar-refractivity contribution in [3.05, 3.63) is 35.4 Å². The molecule has 1 aromatic carbocycles. The Morgan fingerprint density at radius 1 is 1.30 bits per heavy atom. The minimum Gasteiger partial charge on any atom is -0.370 e. The summed E-state index contributed by atoms with van der Waals surface area (Å²) in [5, 5.41) is 3.21. The Bertz CT molecular complexity index is 534. The molecule has 0 aliphatic carbocycles. The Kier molecular flexibility index (Phi) is 6.05. The number of hydrogen-bond donors (Lipinski definition) is 2. The number of nitrogens with two attached hydrogens (primary N) is 1. The summed E-state index contributed by atoms with van der Waals surface area (Å²) in [5.41, 5.74) is 8.93. The summed E-state index contributed by atoms with van der Waals surface area (Å²) >= 11 is 0. The van der Waals surface area contributed by atoms with Gasteiger partial charge in [0, 0.05) is 25.2 Å². The van der Waals surface area contributed by atoms with Gasteiger partial charge in [0.2, 0.25) is 0 Å². The summed E-state index contributed by atoms with van der Waals surface area (Å²) in [6.45, 7) is 12.6. The lowest BCUT2D eigenvalue weighted by molar-refractivity contribution is 0.112. The Morgan fingerprint density at radius 3 is 2.70 bits per heavy atom. The van der Waals surface area contributed by atoms with E-state index in [0.717, 1.165) is 39.0 Å². The molecule has 2 rings (SSSR count). The summed E-state index contributed by atoms with van der Waals surface area (Å²) in [5.74, 6) is 1.25. The average Bonchev–Trinajstić information content (AvgIpc) is 2.52. The topological polar surface area (TPSA) is 53.6 Å². The number of rotatable bonds is 6. The van der Waals surface area contributed by atoms with Crippen LogP contribution in [0.5, 0.6) is 0 Å². The maximum atomic E-state index is 5.99. The Balaban J connectivity index is 1.89. The Hall–Kier alpha value is -1.55. The molecule has 4 heteroatoms. The second kappa shape index (κ2) is 7.82. The Morgan fingerprint density at radius 2 is 2.00 bits per heavy atom. The summed E-state index contributed by atoms with van der Waals surface area (Å²) in [7, 11) is 0. The van der Waals surface area contributed by atoms with Crippen molar-refractivity contribution in [1.82, 2.24) is 10.2 Å². The highest BCUT2D eigenvalue weighted by Gasteiger charge is 2.29. The smallest absolute Gasteiger partial charge is 0.188 e.